The zero-order valence-electron chi connectivity index (χ0n) is 20.4. The Morgan fingerprint density at radius 2 is 1.52 bits per heavy atom. The van der Waals surface area contributed by atoms with Gasteiger partial charge in [0.2, 0.25) is 0 Å². The minimum atomic E-state index is -0.179. The van der Waals surface area contributed by atoms with E-state index in [-0.39, 0.29) is 10.8 Å². The van der Waals surface area contributed by atoms with Gasteiger partial charge in [-0.2, -0.15) is 0 Å². The third kappa shape index (κ3) is 7.79. The van der Waals surface area contributed by atoms with Gasteiger partial charge < -0.3 is 5.11 Å². The second-order valence-electron chi connectivity index (χ2n) is 10.8. The van der Waals surface area contributed by atoms with Crippen LogP contribution < -0.4 is 0 Å². The van der Waals surface area contributed by atoms with E-state index in [9.17, 15) is 9.90 Å². The second-order valence-corrected chi connectivity index (χ2v) is 10.8. The van der Waals surface area contributed by atoms with Crippen molar-refractivity contribution in [2.45, 2.75) is 104 Å². The van der Waals surface area contributed by atoms with Crippen molar-refractivity contribution in [3.63, 3.8) is 0 Å². The molecule has 2 rings (SSSR count). The molecule has 0 amide bonds. The summed E-state index contributed by atoms with van der Waals surface area (Å²) >= 11 is 0. The first-order valence-corrected chi connectivity index (χ1v) is 11.8. The highest BCUT2D eigenvalue weighted by atomic mass is 16.3. The predicted octanol–water partition coefficient (Wildman–Crippen LogP) is 7.08. The smallest absolute Gasteiger partial charge is 0.137 e. The molecule has 3 heteroatoms. The number of benzene rings is 1. The van der Waals surface area contributed by atoms with Crippen molar-refractivity contribution in [3.8, 4) is 5.75 Å². The van der Waals surface area contributed by atoms with Crippen LogP contribution in [0.2, 0.25) is 0 Å². The average molecular weight is 424 g/mol. The summed E-state index contributed by atoms with van der Waals surface area (Å²) in [5.41, 5.74) is 4.16. The predicted molar refractivity (Wildman–Crippen MR) is 130 cm³/mol. The number of nitrogens with zero attached hydrogens (tertiary/aromatic N) is 1. The Hall–Kier alpha value is -2.16. The molecule has 0 bridgehead atoms. The van der Waals surface area contributed by atoms with Crippen molar-refractivity contribution in [2.24, 2.45) is 0 Å². The molecule has 0 unspecified atom stereocenters. The number of carbonyl (C=O) groups is 1. The van der Waals surface area contributed by atoms with Gasteiger partial charge in [-0.1, -0.05) is 72.9 Å². The van der Waals surface area contributed by atoms with Gasteiger partial charge in [-0.3, -0.25) is 9.78 Å². The molecule has 1 N–H and O–H groups in total. The third-order valence-electron chi connectivity index (χ3n) is 5.80. The first-order chi connectivity index (χ1) is 14.5. The summed E-state index contributed by atoms with van der Waals surface area (Å²) in [4.78, 5) is 16.9. The Morgan fingerprint density at radius 1 is 0.871 bits per heavy atom. The zero-order valence-corrected chi connectivity index (χ0v) is 20.4. The van der Waals surface area contributed by atoms with Gasteiger partial charge in [-0.15, -0.1) is 0 Å². The van der Waals surface area contributed by atoms with E-state index in [1.807, 2.05) is 24.5 Å². The SMILES string of the molecule is CC(C)(C)c1c(O)ccc(CC(=O)CCCCCCCc2cccnc2)c1C(C)(C)C. The molecule has 1 aromatic heterocycles. The number of unbranched alkanes of at least 4 members (excludes halogenated alkanes) is 4. The van der Waals surface area contributed by atoms with Crippen LogP contribution in [0.1, 0.15) is 102 Å². The van der Waals surface area contributed by atoms with Crippen LogP contribution in [-0.4, -0.2) is 15.9 Å². The molecule has 0 saturated carbocycles. The van der Waals surface area contributed by atoms with Gasteiger partial charge >= 0.3 is 0 Å². The normalized spacial score (nSPS) is 12.2. The Labute approximate surface area is 189 Å². The number of aromatic nitrogens is 1. The summed E-state index contributed by atoms with van der Waals surface area (Å²) in [5, 5.41) is 10.6. The molecule has 0 radical (unpaired) electrons. The van der Waals surface area contributed by atoms with E-state index in [2.05, 4.69) is 52.6 Å². The van der Waals surface area contributed by atoms with E-state index in [1.54, 1.807) is 6.07 Å². The van der Waals surface area contributed by atoms with E-state index in [1.165, 1.54) is 24.8 Å². The van der Waals surface area contributed by atoms with E-state index in [0.29, 0.717) is 24.4 Å². The van der Waals surface area contributed by atoms with Gasteiger partial charge in [-0.25, -0.2) is 0 Å². The molecule has 1 heterocycles. The van der Waals surface area contributed by atoms with Gasteiger partial charge in [-0.05, 0) is 58.9 Å². The quantitative estimate of drug-likeness (QED) is 0.415. The lowest BCUT2D eigenvalue weighted by molar-refractivity contribution is -0.118. The Morgan fingerprint density at radius 3 is 2.13 bits per heavy atom. The maximum Gasteiger partial charge on any atom is 0.137 e. The van der Waals surface area contributed by atoms with Crippen molar-refractivity contribution in [2.75, 3.05) is 0 Å². The second kappa shape index (κ2) is 10.9. The lowest BCUT2D eigenvalue weighted by Gasteiger charge is -2.33. The molecule has 0 aliphatic carbocycles. The summed E-state index contributed by atoms with van der Waals surface area (Å²) in [6.07, 6.45) is 11.5. The molecular formula is C28H41NO2. The minimum Gasteiger partial charge on any atom is -0.508 e. The molecule has 2 aromatic rings. The highest BCUT2D eigenvalue weighted by molar-refractivity contribution is 5.81. The first kappa shape index (κ1) is 25.1. The summed E-state index contributed by atoms with van der Waals surface area (Å²) in [7, 11) is 0. The van der Waals surface area contributed by atoms with E-state index >= 15 is 0 Å². The minimum absolute atomic E-state index is 0.134. The van der Waals surface area contributed by atoms with Crippen LogP contribution in [0.3, 0.4) is 0 Å². The summed E-state index contributed by atoms with van der Waals surface area (Å²) in [5.74, 6) is 0.631. The summed E-state index contributed by atoms with van der Waals surface area (Å²) in [6.45, 7) is 12.9. The molecule has 0 saturated heterocycles. The fraction of sp³-hybridized carbons (Fsp3) is 0.571. The number of hydrogen-bond donors (Lipinski definition) is 1. The van der Waals surface area contributed by atoms with Crippen LogP contribution in [0.5, 0.6) is 5.75 Å². The summed E-state index contributed by atoms with van der Waals surface area (Å²) in [6, 6.07) is 7.83. The van der Waals surface area contributed by atoms with Crippen LogP contribution in [0.25, 0.3) is 0 Å². The van der Waals surface area contributed by atoms with Crippen molar-refractivity contribution < 1.29 is 9.90 Å². The number of phenols is 1. The molecule has 0 spiro atoms. The van der Waals surface area contributed by atoms with Crippen LogP contribution in [0, 0.1) is 0 Å². The van der Waals surface area contributed by atoms with Crippen molar-refractivity contribution >= 4 is 5.78 Å². The summed E-state index contributed by atoms with van der Waals surface area (Å²) < 4.78 is 0. The zero-order chi connectivity index (χ0) is 23.1. The van der Waals surface area contributed by atoms with Crippen molar-refractivity contribution in [3.05, 3.63) is 58.9 Å². The standard InChI is InChI=1S/C28H41NO2/c1-27(2,3)25-22(16-17-24(31)26(25)28(4,5)6)19-23(30)15-11-9-7-8-10-13-21-14-12-18-29-20-21/h12,14,16-18,20,31H,7-11,13,15,19H2,1-6H3. The van der Waals surface area contributed by atoms with Gasteiger partial charge in [0.15, 0.2) is 0 Å². The number of aryl methyl sites for hydroxylation is 1. The number of pyridine rings is 1. The fourth-order valence-electron chi connectivity index (χ4n) is 4.43. The maximum atomic E-state index is 12.7. The highest BCUT2D eigenvalue weighted by Crippen LogP contribution is 2.41. The molecule has 31 heavy (non-hydrogen) atoms. The third-order valence-corrected chi connectivity index (χ3v) is 5.80. The Balaban J connectivity index is 1.86. The lowest BCUT2D eigenvalue weighted by Crippen LogP contribution is -2.25. The monoisotopic (exact) mass is 423 g/mol. The largest absolute Gasteiger partial charge is 0.508 e. The van der Waals surface area contributed by atoms with Gasteiger partial charge in [0.1, 0.15) is 11.5 Å². The molecule has 0 atom stereocenters. The topological polar surface area (TPSA) is 50.2 Å². The Bertz CT molecular complexity index is 842. The number of aromatic hydroxyl groups is 1. The number of rotatable bonds is 10. The molecule has 170 valence electrons. The molecule has 3 nitrogen and oxygen atoms in total. The van der Waals surface area contributed by atoms with Gasteiger partial charge in [0, 0.05) is 30.8 Å². The van der Waals surface area contributed by atoms with Gasteiger partial charge in [0.25, 0.3) is 0 Å². The van der Waals surface area contributed by atoms with Crippen LogP contribution in [-0.2, 0) is 28.5 Å². The number of Topliss-reactive ketones (excluding diaryl/α,β-unsaturated/α-hetero) is 1. The van der Waals surface area contributed by atoms with E-state index < -0.39 is 0 Å². The molecular weight excluding hydrogens is 382 g/mol. The first-order valence-electron chi connectivity index (χ1n) is 11.8. The molecule has 0 fully saturated rings. The lowest BCUT2D eigenvalue weighted by atomic mass is 9.72. The van der Waals surface area contributed by atoms with Crippen LogP contribution >= 0.6 is 0 Å². The number of carbonyl (C=O) groups excluding carboxylic acids is 1. The van der Waals surface area contributed by atoms with Crippen molar-refractivity contribution in [1.82, 2.24) is 4.98 Å². The number of hydrogen-bond acceptors (Lipinski definition) is 3. The Kier molecular flexibility index (Phi) is 8.85. The van der Waals surface area contributed by atoms with Crippen LogP contribution in [0.4, 0.5) is 0 Å². The number of ketones is 1. The van der Waals surface area contributed by atoms with Crippen molar-refractivity contribution in [1.29, 1.82) is 0 Å². The van der Waals surface area contributed by atoms with Gasteiger partial charge in [0.05, 0.1) is 0 Å². The molecule has 1 aromatic carbocycles. The molecule has 0 aliphatic heterocycles. The van der Waals surface area contributed by atoms with E-state index in [0.717, 1.165) is 36.0 Å². The fourth-order valence-corrected chi connectivity index (χ4v) is 4.43. The molecule has 0 aliphatic rings. The highest BCUT2D eigenvalue weighted by Gasteiger charge is 2.30. The van der Waals surface area contributed by atoms with E-state index in [4.69, 9.17) is 0 Å². The number of phenolic OH excluding ortho intramolecular Hbond substituents is 1. The average Bonchev–Trinajstić information content (AvgIpc) is 2.67. The van der Waals surface area contributed by atoms with Crippen LogP contribution in [0.15, 0.2) is 36.7 Å². The maximum absolute atomic E-state index is 12.7.